The molecule has 1 atom stereocenters. The highest BCUT2D eigenvalue weighted by Gasteiger charge is 2.26. The van der Waals surface area contributed by atoms with Crippen molar-refractivity contribution in [3.05, 3.63) is 65.4 Å². The number of halogens is 1. The minimum absolute atomic E-state index is 0.195. The lowest BCUT2D eigenvalue weighted by atomic mass is 9.91. The van der Waals surface area contributed by atoms with Gasteiger partial charge in [-0.1, -0.05) is 17.3 Å². The third-order valence-corrected chi connectivity index (χ3v) is 8.19. The molecule has 0 unspecified atom stereocenters. The smallest absolute Gasteiger partial charge is 0.179 e. The molecule has 0 bridgehead atoms. The number of fused-ring (bicyclic) bond motifs is 2. The van der Waals surface area contributed by atoms with Crippen molar-refractivity contribution in [2.45, 2.75) is 24.9 Å². The van der Waals surface area contributed by atoms with Gasteiger partial charge < -0.3 is 19.3 Å². The molecule has 0 spiro atoms. The molecule has 9 heteroatoms. The molecule has 6 rings (SSSR count). The average molecular weight is 510 g/mol. The zero-order valence-electron chi connectivity index (χ0n) is 18.9. The van der Waals surface area contributed by atoms with E-state index < -0.39 is 6.10 Å². The van der Waals surface area contributed by atoms with Gasteiger partial charge in [0, 0.05) is 17.8 Å². The van der Waals surface area contributed by atoms with Crippen LogP contribution in [0.4, 0.5) is 4.39 Å². The Morgan fingerprint density at radius 3 is 2.89 bits per heavy atom. The highest BCUT2D eigenvalue weighted by atomic mass is 32.1. The molecule has 1 saturated heterocycles. The maximum absolute atomic E-state index is 13.5. The zero-order valence-corrected chi connectivity index (χ0v) is 20.5. The standard InChI is InChI=1S/C26H24FN3O3S2/c27-17-5-6-20-23(13-17)35-29-24(20)16-7-10-30(11-8-16)14-18(31)15-32-22-4-2-1-3-19(22)25-21-9-12-34-26(21)28-33-25/h1-6,9,12-13,16,18,31H,7-8,10-11,14-15H2/t18-/m1/s1. The molecule has 0 saturated carbocycles. The van der Waals surface area contributed by atoms with Gasteiger partial charge in [0.1, 0.15) is 24.3 Å². The number of nitrogens with zero attached hydrogens (tertiary/aromatic N) is 3. The summed E-state index contributed by atoms with van der Waals surface area (Å²) in [7, 11) is 0. The van der Waals surface area contributed by atoms with Crippen LogP contribution in [-0.4, -0.2) is 51.9 Å². The van der Waals surface area contributed by atoms with E-state index in [-0.39, 0.29) is 12.4 Å². The molecule has 1 aliphatic heterocycles. The second-order valence-electron chi connectivity index (χ2n) is 8.90. The van der Waals surface area contributed by atoms with Crippen LogP contribution >= 0.6 is 22.9 Å². The first-order valence-corrected chi connectivity index (χ1v) is 13.3. The van der Waals surface area contributed by atoms with Crippen LogP contribution in [0.1, 0.15) is 24.5 Å². The maximum Gasteiger partial charge on any atom is 0.179 e. The molecule has 5 aromatic rings. The first kappa shape index (κ1) is 22.6. The number of aliphatic hydroxyl groups is 1. The Morgan fingerprint density at radius 2 is 2.00 bits per heavy atom. The normalized spacial score (nSPS) is 16.3. The summed E-state index contributed by atoms with van der Waals surface area (Å²) in [5, 5.41) is 18.8. The van der Waals surface area contributed by atoms with E-state index in [1.54, 1.807) is 6.07 Å². The summed E-state index contributed by atoms with van der Waals surface area (Å²) >= 11 is 2.91. The number of likely N-dealkylation sites (tertiary alicyclic amines) is 1. The lowest BCUT2D eigenvalue weighted by molar-refractivity contribution is 0.0595. The van der Waals surface area contributed by atoms with E-state index in [0.29, 0.717) is 24.0 Å². The van der Waals surface area contributed by atoms with Crippen LogP contribution in [0.2, 0.25) is 0 Å². The fourth-order valence-electron chi connectivity index (χ4n) is 4.81. The number of benzene rings is 2. The molecule has 0 amide bonds. The van der Waals surface area contributed by atoms with E-state index in [1.165, 1.54) is 28.9 Å². The predicted octanol–water partition coefficient (Wildman–Crippen LogP) is 5.92. The number of aromatic nitrogens is 2. The number of aliphatic hydroxyl groups excluding tert-OH is 1. The first-order chi connectivity index (χ1) is 17.2. The molecule has 6 nitrogen and oxygen atoms in total. The molecule has 2 aromatic carbocycles. The first-order valence-electron chi connectivity index (χ1n) is 11.7. The number of hydrogen-bond donors (Lipinski definition) is 1. The second-order valence-corrected chi connectivity index (χ2v) is 10.6. The Balaban J connectivity index is 1.05. The Labute approximate surface area is 209 Å². The summed E-state index contributed by atoms with van der Waals surface area (Å²) in [4.78, 5) is 3.13. The number of para-hydroxylation sites is 1. The van der Waals surface area contributed by atoms with Crippen LogP contribution in [-0.2, 0) is 0 Å². The van der Waals surface area contributed by atoms with Crippen molar-refractivity contribution in [3.8, 4) is 17.1 Å². The molecule has 1 aliphatic rings. The maximum atomic E-state index is 13.5. The molecular weight excluding hydrogens is 485 g/mol. The highest BCUT2D eigenvalue weighted by Crippen LogP contribution is 2.37. The number of hydrogen-bond acceptors (Lipinski definition) is 8. The third-order valence-electron chi connectivity index (χ3n) is 6.58. The van der Waals surface area contributed by atoms with Gasteiger partial charge in [-0.05, 0) is 79.2 Å². The van der Waals surface area contributed by atoms with Gasteiger partial charge in [0.25, 0.3) is 0 Å². The van der Waals surface area contributed by atoms with Crippen molar-refractivity contribution in [2.24, 2.45) is 0 Å². The number of rotatable bonds is 7. The molecule has 3 aromatic heterocycles. The van der Waals surface area contributed by atoms with E-state index in [4.69, 9.17) is 9.26 Å². The number of β-amino-alcohol motifs (C(OH)–C–C–N with tert-alkyl or cyclic N) is 1. The zero-order chi connectivity index (χ0) is 23.8. The molecule has 4 heterocycles. The van der Waals surface area contributed by atoms with Crippen LogP contribution in [0.5, 0.6) is 5.75 Å². The van der Waals surface area contributed by atoms with Gasteiger partial charge in [-0.25, -0.2) is 4.39 Å². The Bertz CT molecular complexity index is 1450. The van der Waals surface area contributed by atoms with Crippen molar-refractivity contribution in [1.82, 2.24) is 14.4 Å². The van der Waals surface area contributed by atoms with E-state index in [9.17, 15) is 9.50 Å². The van der Waals surface area contributed by atoms with Crippen molar-refractivity contribution in [2.75, 3.05) is 26.2 Å². The Hall–Kier alpha value is -2.85. The van der Waals surface area contributed by atoms with E-state index in [1.807, 2.05) is 41.8 Å². The summed E-state index contributed by atoms with van der Waals surface area (Å²) in [5.41, 5.74) is 1.91. The summed E-state index contributed by atoms with van der Waals surface area (Å²) in [6, 6.07) is 14.6. The van der Waals surface area contributed by atoms with Crippen LogP contribution in [0.25, 0.3) is 31.6 Å². The van der Waals surface area contributed by atoms with Gasteiger partial charge >= 0.3 is 0 Å². The quantitative estimate of drug-likeness (QED) is 0.293. The SMILES string of the molecule is O[C@@H](COc1ccccc1-c1onc2sccc12)CN1CCC(c2nsc3cc(F)ccc23)CC1. The molecular formula is C26H24FN3O3S2. The van der Waals surface area contributed by atoms with Gasteiger partial charge in [-0.2, -0.15) is 4.37 Å². The van der Waals surface area contributed by atoms with Crippen molar-refractivity contribution in [1.29, 1.82) is 0 Å². The monoisotopic (exact) mass is 509 g/mol. The number of ether oxygens (including phenoxy) is 1. The Kier molecular flexibility index (Phi) is 6.24. The van der Waals surface area contributed by atoms with Gasteiger partial charge in [0.15, 0.2) is 10.6 Å². The topological polar surface area (TPSA) is 71.6 Å². The van der Waals surface area contributed by atoms with E-state index in [0.717, 1.165) is 57.5 Å². The molecule has 1 N–H and O–H groups in total. The van der Waals surface area contributed by atoms with Crippen molar-refractivity contribution < 1.29 is 18.8 Å². The van der Waals surface area contributed by atoms with Gasteiger partial charge in [0.2, 0.25) is 0 Å². The minimum atomic E-state index is -0.612. The summed E-state index contributed by atoms with van der Waals surface area (Å²) < 4.78 is 30.6. The summed E-state index contributed by atoms with van der Waals surface area (Å²) in [6.45, 7) is 2.51. The van der Waals surface area contributed by atoms with E-state index in [2.05, 4.69) is 14.4 Å². The molecule has 35 heavy (non-hydrogen) atoms. The lowest BCUT2D eigenvalue weighted by Crippen LogP contribution is -2.40. The van der Waals surface area contributed by atoms with Gasteiger partial charge in [-0.15, -0.1) is 11.3 Å². The van der Waals surface area contributed by atoms with Crippen LogP contribution in [0.15, 0.2) is 58.4 Å². The van der Waals surface area contributed by atoms with Gasteiger partial charge in [-0.3, -0.25) is 0 Å². The molecule has 0 aliphatic carbocycles. The number of thiophene rings is 1. The van der Waals surface area contributed by atoms with Crippen LogP contribution in [0, 0.1) is 5.82 Å². The number of piperidine rings is 1. The summed E-state index contributed by atoms with van der Waals surface area (Å²) in [5.74, 6) is 1.50. The fourth-order valence-corrected chi connectivity index (χ4v) is 6.39. The Morgan fingerprint density at radius 1 is 1.14 bits per heavy atom. The highest BCUT2D eigenvalue weighted by molar-refractivity contribution is 7.16. The molecule has 180 valence electrons. The molecule has 1 fully saturated rings. The summed E-state index contributed by atoms with van der Waals surface area (Å²) in [6.07, 6.45) is 1.32. The van der Waals surface area contributed by atoms with Crippen molar-refractivity contribution >= 4 is 43.2 Å². The average Bonchev–Trinajstić information content (AvgIpc) is 3.59. The van der Waals surface area contributed by atoms with Crippen LogP contribution in [0.3, 0.4) is 0 Å². The van der Waals surface area contributed by atoms with E-state index >= 15 is 0 Å². The minimum Gasteiger partial charge on any atom is -0.490 e. The second kappa shape index (κ2) is 9.66. The van der Waals surface area contributed by atoms with Crippen LogP contribution < -0.4 is 4.74 Å². The van der Waals surface area contributed by atoms with Crippen molar-refractivity contribution in [3.63, 3.8) is 0 Å². The predicted molar refractivity (Wildman–Crippen MR) is 137 cm³/mol. The third kappa shape index (κ3) is 4.56. The van der Waals surface area contributed by atoms with Gasteiger partial charge in [0.05, 0.1) is 21.3 Å². The largest absolute Gasteiger partial charge is 0.490 e. The molecule has 0 radical (unpaired) electrons. The fraction of sp³-hybridized carbons (Fsp3) is 0.308. The lowest BCUT2D eigenvalue weighted by Gasteiger charge is -2.32.